The number of fused-ring (bicyclic) bond motifs is 1. The first-order valence-electron chi connectivity index (χ1n) is 6.47. The molecule has 1 N–H and O–H groups in total. The van der Waals surface area contributed by atoms with Crippen molar-refractivity contribution in [1.29, 1.82) is 0 Å². The highest BCUT2D eigenvalue weighted by atomic mass is 35.5. The Balaban J connectivity index is 2.02. The van der Waals surface area contributed by atoms with E-state index in [1.165, 1.54) is 12.1 Å². The standard InChI is InChI=1S/C16H11ClFNO2/c17-14-8-11(18)3-4-12(14)15(20)10-2-1-9-5-6-19-16(21)13(9)7-10/h1-4,7-8H,5-6H2,(H,19,21). The summed E-state index contributed by atoms with van der Waals surface area (Å²) >= 11 is 5.91. The van der Waals surface area contributed by atoms with Gasteiger partial charge in [0.05, 0.1) is 5.02 Å². The third kappa shape index (κ3) is 2.54. The highest BCUT2D eigenvalue weighted by molar-refractivity contribution is 6.35. The van der Waals surface area contributed by atoms with Crippen LogP contribution in [0.15, 0.2) is 36.4 Å². The molecule has 1 heterocycles. The number of carbonyl (C=O) groups is 2. The molecule has 0 spiro atoms. The van der Waals surface area contributed by atoms with E-state index in [0.717, 1.165) is 18.1 Å². The molecular weight excluding hydrogens is 293 g/mol. The number of amides is 1. The van der Waals surface area contributed by atoms with Gasteiger partial charge in [-0.1, -0.05) is 23.7 Å². The van der Waals surface area contributed by atoms with Crippen LogP contribution in [0.4, 0.5) is 4.39 Å². The van der Waals surface area contributed by atoms with Gasteiger partial charge in [0.25, 0.3) is 5.91 Å². The van der Waals surface area contributed by atoms with Crippen molar-refractivity contribution in [2.45, 2.75) is 6.42 Å². The van der Waals surface area contributed by atoms with Crippen LogP contribution in [-0.2, 0) is 6.42 Å². The van der Waals surface area contributed by atoms with Crippen molar-refractivity contribution in [2.75, 3.05) is 6.54 Å². The molecule has 0 saturated carbocycles. The molecule has 3 nitrogen and oxygen atoms in total. The van der Waals surface area contributed by atoms with Crippen LogP contribution in [0.2, 0.25) is 5.02 Å². The summed E-state index contributed by atoms with van der Waals surface area (Å²) in [5.74, 6) is -1.02. The summed E-state index contributed by atoms with van der Waals surface area (Å²) < 4.78 is 13.0. The number of rotatable bonds is 2. The van der Waals surface area contributed by atoms with Gasteiger partial charge in [-0.3, -0.25) is 9.59 Å². The van der Waals surface area contributed by atoms with E-state index in [1.54, 1.807) is 18.2 Å². The van der Waals surface area contributed by atoms with Gasteiger partial charge in [0.1, 0.15) is 5.82 Å². The van der Waals surface area contributed by atoms with Crippen molar-refractivity contribution in [3.8, 4) is 0 Å². The van der Waals surface area contributed by atoms with Crippen LogP contribution < -0.4 is 5.32 Å². The van der Waals surface area contributed by atoms with Gasteiger partial charge in [0.2, 0.25) is 0 Å². The fourth-order valence-electron chi connectivity index (χ4n) is 2.38. The average Bonchev–Trinajstić information content (AvgIpc) is 2.47. The Kier molecular flexibility index (Phi) is 3.47. The van der Waals surface area contributed by atoms with Gasteiger partial charge in [0.15, 0.2) is 5.78 Å². The largest absolute Gasteiger partial charge is 0.352 e. The SMILES string of the molecule is O=C(c1ccc2c(c1)C(=O)NCC2)c1ccc(F)cc1Cl. The molecule has 1 amide bonds. The number of nitrogens with one attached hydrogen (secondary N) is 1. The van der Waals surface area contributed by atoms with Gasteiger partial charge >= 0.3 is 0 Å². The lowest BCUT2D eigenvalue weighted by Crippen LogP contribution is -2.32. The maximum atomic E-state index is 13.0. The topological polar surface area (TPSA) is 46.2 Å². The summed E-state index contributed by atoms with van der Waals surface area (Å²) in [6.07, 6.45) is 0.743. The lowest BCUT2D eigenvalue weighted by atomic mass is 9.94. The Labute approximate surface area is 125 Å². The second-order valence-corrected chi connectivity index (χ2v) is 5.24. The molecule has 0 aromatic heterocycles. The normalized spacial score (nSPS) is 13.5. The van der Waals surface area contributed by atoms with Crippen molar-refractivity contribution >= 4 is 23.3 Å². The molecule has 2 aromatic rings. The number of carbonyl (C=O) groups excluding carboxylic acids is 2. The molecule has 0 fully saturated rings. The number of ketones is 1. The third-order valence-electron chi connectivity index (χ3n) is 3.47. The maximum Gasteiger partial charge on any atom is 0.251 e. The molecule has 106 valence electrons. The first kappa shape index (κ1) is 13.8. The van der Waals surface area contributed by atoms with Crippen LogP contribution >= 0.6 is 11.6 Å². The first-order chi connectivity index (χ1) is 10.1. The highest BCUT2D eigenvalue weighted by Crippen LogP contribution is 2.23. The Bertz CT molecular complexity index is 758. The van der Waals surface area contributed by atoms with Crippen molar-refractivity contribution in [3.05, 3.63) is 69.5 Å². The molecule has 3 rings (SSSR count). The fraction of sp³-hybridized carbons (Fsp3) is 0.125. The predicted molar refractivity (Wildman–Crippen MR) is 77.3 cm³/mol. The van der Waals surface area contributed by atoms with Gasteiger partial charge in [-0.2, -0.15) is 0 Å². The zero-order valence-corrected chi connectivity index (χ0v) is 11.7. The molecule has 2 aromatic carbocycles. The number of hydrogen-bond donors (Lipinski definition) is 1. The number of halogens is 2. The summed E-state index contributed by atoms with van der Waals surface area (Å²) in [6, 6.07) is 8.63. The molecule has 0 radical (unpaired) electrons. The quantitative estimate of drug-likeness (QED) is 0.867. The third-order valence-corrected chi connectivity index (χ3v) is 3.79. The zero-order valence-electron chi connectivity index (χ0n) is 11.0. The van der Waals surface area contributed by atoms with Gasteiger partial charge in [-0.15, -0.1) is 0 Å². The van der Waals surface area contributed by atoms with Crippen molar-refractivity contribution < 1.29 is 14.0 Å². The summed E-state index contributed by atoms with van der Waals surface area (Å²) in [5, 5.41) is 2.79. The molecule has 21 heavy (non-hydrogen) atoms. The molecule has 1 aliphatic heterocycles. The molecule has 0 unspecified atom stereocenters. The molecule has 0 aliphatic carbocycles. The second kappa shape index (κ2) is 5.30. The van der Waals surface area contributed by atoms with Crippen molar-refractivity contribution in [2.24, 2.45) is 0 Å². The Morgan fingerprint density at radius 1 is 1.19 bits per heavy atom. The van der Waals surface area contributed by atoms with Crippen LogP contribution in [0.25, 0.3) is 0 Å². The molecule has 0 saturated heterocycles. The minimum atomic E-state index is -0.499. The molecular formula is C16H11ClFNO2. The molecule has 0 bridgehead atoms. The van der Waals surface area contributed by atoms with E-state index in [4.69, 9.17) is 11.6 Å². The van der Waals surface area contributed by atoms with Crippen molar-refractivity contribution in [1.82, 2.24) is 5.32 Å². The van der Waals surface area contributed by atoms with Crippen LogP contribution in [-0.4, -0.2) is 18.2 Å². The minimum absolute atomic E-state index is 0.0576. The van der Waals surface area contributed by atoms with E-state index in [9.17, 15) is 14.0 Å². The second-order valence-electron chi connectivity index (χ2n) is 4.83. The van der Waals surface area contributed by atoms with Gasteiger partial charge < -0.3 is 5.32 Å². The number of benzene rings is 2. The zero-order chi connectivity index (χ0) is 15.0. The predicted octanol–water partition coefficient (Wildman–Crippen LogP) is 3.00. The van der Waals surface area contributed by atoms with Gasteiger partial charge in [-0.05, 0) is 36.2 Å². The summed E-state index contributed by atoms with van der Waals surface area (Å²) in [6.45, 7) is 0.600. The maximum absolute atomic E-state index is 13.0. The molecule has 0 atom stereocenters. The van der Waals surface area contributed by atoms with Crippen LogP contribution in [0, 0.1) is 5.82 Å². The van der Waals surface area contributed by atoms with E-state index in [2.05, 4.69) is 5.32 Å². The molecule has 5 heteroatoms. The smallest absolute Gasteiger partial charge is 0.251 e. The summed E-state index contributed by atoms with van der Waals surface area (Å²) in [4.78, 5) is 24.2. The summed E-state index contributed by atoms with van der Waals surface area (Å²) in [7, 11) is 0. The van der Waals surface area contributed by atoms with Crippen molar-refractivity contribution in [3.63, 3.8) is 0 Å². The average molecular weight is 304 g/mol. The van der Waals surface area contributed by atoms with E-state index < -0.39 is 5.82 Å². The van der Waals surface area contributed by atoms with E-state index >= 15 is 0 Å². The van der Waals surface area contributed by atoms with Gasteiger partial charge in [0, 0.05) is 23.2 Å². The highest BCUT2D eigenvalue weighted by Gasteiger charge is 2.20. The van der Waals surface area contributed by atoms with Crippen LogP contribution in [0.5, 0.6) is 0 Å². The monoisotopic (exact) mass is 303 g/mol. The summed E-state index contributed by atoms with van der Waals surface area (Å²) in [5.41, 5.74) is 2.00. The lowest BCUT2D eigenvalue weighted by Gasteiger charge is -2.17. The van der Waals surface area contributed by atoms with Crippen LogP contribution in [0.3, 0.4) is 0 Å². The fourth-order valence-corrected chi connectivity index (χ4v) is 2.64. The van der Waals surface area contributed by atoms with Gasteiger partial charge in [-0.25, -0.2) is 4.39 Å². The number of hydrogen-bond acceptors (Lipinski definition) is 2. The lowest BCUT2D eigenvalue weighted by molar-refractivity contribution is 0.0946. The van der Waals surface area contributed by atoms with E-state index in [-0.39, 0.29) is 22.3 Å². The van der Waals surface area contributed by atoms with Crippen LogP contribution in [0.1, 0.15) is 31.8 Å². The Morgan fingerprint density at radius 3 is 2.76 bits per heavy atom. The Morgan fingerprint density at radius 2 is 2.00 bits per heavy atom. The minimum Gasteiger partial charge on any atom is -0.352 e. The van der Waals surface area contributed by atoms with E-state index in [1.807, 2.05) is 0 Å². The van der Waals surface area contributed by atoms with E-state index in [0.29, 0.717) is 17.7 Å². The first-order valence-corrected chi connectivity index (χ1v) is 6.85. The molecule has 1 aliphatic rings. The Hall–Kier alpha value is -2.20.